The van der Waals surface area contributed by atoms with Gasteiger partial charge in [-0.15, -0.1) is 16.8 Å². The van der Waals surface area contributed by atoms with E-state index >= 15 is 0 Å². The Morgan fingerprint density at radius 1 is 1.62 bits per heavy atom. The third kappa shape index (κ3) is 2.95. The molecule has 0 aliphatic carbocycles. The SMILES string of the molecule is C=CCNC(=O)c1ccc(Br)nn1. The average Bonchev–Trinajstić information content (AvgIpc) is 2.15. The minimum absolute atomic E-state index is 0.250. The van der Waals surface area contributed by atoms with Gasteiger partial charge in [-0.3, -0.25) is 4.79 Å². The van der Waals surface area contributed by atoms with E-state index in [2.05, 4.69) is 38.0 Å². The molecule has 4 nitrogen and oxygen atoms in total. The summed E-state index contributed by atoms with van der Waals surface area (Å²) in [4.78, 5) is 11.2. The molecule has 1 amide bonds. The highest BCUT2D eigenvalue weighted by Crippen LogP contribution is 2.02. The maximum absolute atomic E-state index is 11.2. The maximum Gasteiger partial charge on any atom is 0.272 e. The molecule has 68 valence electrons. The first-order chi connectivity index (χ1) is 6.24. The molecule has 0 radical (unpaired) electrons. The molecule has 13 heavy (non-hydrogen) atoms. The van der Waals surface area contributed by atoms with Crippen molar-refractivity contribution < 1.29 is 4.79 Å². The Balaban J connectivity index is 2.66. The van der Waals surface area contributed by atoms with Crippen LogP contribution >= 0.6 is 15.9 Å². The number of carbonyl (C=O) groups is 1. The molecule has 0 unspecified atom stereocenters. The summed E-state index contributed by atoms with van der Waals surface area (Å²) in [5.41, 5.74) is 0.296. The fourth-order valence-electron chi connectivity index (χ4n) is 0.693. The van der Waals surface area contributed by atoms with Crippen LogP contribution in [0, 0.1) is 0 Å². The summed E-state index contributed by atoms with van der Waals surface area (Å²) in [6.45, 7) is 3.91. The number of hydrogen-bond donors (Lipinski definition) is 1. The molecule has 1 heterocycles. The Hall–Kier alpha value is -1.23. The molecule has 0 aliphatic heterocycles. The molecule has 1 aromatic heterocycles. The molecule has 0 atom stereocenters. The first kappa shape index (κ1) is 9.85. The number of hydrogen-bond acceptors (Lipinski definition) is 3. The van der Waals surface area contributed by atoms with Crippen molar-refractivity contribution in [2.24, 2.45) is 0 Å². The highest BCUT2D eigenvalue weighted by Gasteiger charge is 2.05. The van der Waals surface area contributed by atoms with E-state index in [0.717, 1.165) is 0 Å². The molecule has 1 N–H and O–H groups in total. The van der Waals surface area contributed by atoms with Crippen molar-refractivity contribution in [2.45, 2.75) is 0 Å². The van der Waals surface area contributed by atoms with Gasteiger partial charge in [0.2, 0.25) is 0 Å². The van der Waals surface area contributed by atoms with Crippen molar-refractivity contribution in [2.75, 3.05) is 6.54 Å². The highest BCUT2D eigenvalue weighted by molar-refractivity contribution is 9.10. The van der Waals surface area contributed by atoms with Gasteiger partial charge in [0.15, 0.2) is 5.69 Å². The third-order valence-corrected chi connectivity index (χ3v) is 1.69. The van der Waals surface area contributed by atoms with E-state index in [9.17, 15) is 4.79 Å². The summed E-state index contributed by atoms with van der Waals surface area (Å²) in [5.74, 6) is -0.250. The van der Waals surface area contributed by atoms with Gasteiger partial charge < -0.3 is 5.32 Å². The Morgan fingerprint density at radius 2 is 2.38 bits per heavy atom. The molecule has 0 bridgehead atoms. The van der Waals surface area contributed by atoms with Crippen molar-refractivity contribution in [3.63, 3.8) is 0 Å². The highest BCUT2D eigenvalue weighted by atomic mass is 79.9. The van der Waals surface area contributed by atoms with Crippen LogP contribution in [0.1, 0.15) is 10.5 Å². The van der Waals surface area contributed by atoms with Crippen LogP contribution in [-0.2, 0) is 0 Å². The number of amides is 1. The van der Waals surface area contributed by atoms with Gasteiger partial charge in [-0.2, -0.15) is 0 Å². The van der Waals surface area contributed by atoms with Gasteiger partial charge in [-0.25, -0.2) is 0 Å². The van der Waals surface area contributed by atoms with Gasteiger partial charge in [-0.1, -0.05) is 6.08 Å². The Bertz CT molecular complexity index is 310. The van der Waals surface area contributed by atoms with Crippen molar-refractivity contribution in [1.29, 1.82) is 0 Å². The molecule has 0 aromatic carbocycles. The fraction of sp³-hybridized carbons (Fsp3) is 0.125. The summed E-state index contributed by atoms with van der Waals surface area (Å²) in [6.07, 6.45) is 1.60. The number of nitrogens with one attached hydrogen (secondary N) is 1. The molecule has 1 aromatic rings. The second-order valence-electron chi connectivity index (χ2n) is 2.24. The lowest BCUT2D eigenvalue weighted by molar-refractivity contribution is 0.0952. The van der Waals surface area contributed by atoms with E-state index in [-0.39, 0.29) is 5.91 Å². The number of carbonyl (C=O) groups excluding carboxylic acids is 1. The number of rotatable bonds is 3. The van der Waals surface area contributed by atoms with Gasteiger partial charge in [0.1, 0.15) is 4.60 Å². The predicted octanol–water partition coefficient (Wildman–Crippen LogP) is 1.15. The Kier molecular flexibility index (Phi) is 3.57. The number of nitrogens with zero attached hydrogens (tertiary/aromatic N) is 2. The topological polar surface area (TPSA) is 54.9 Å². The van der Waals surface area contributed by atoms with E-state index in [1.807, 2.05) is 0 Å². The van der Waals surface area contributed by atoms with E-state index < -0.39 is 0 Å². The van der Waals surface area contributed by atoms with Crippen molar-refractivity contribution >= 4 is 21.8 Å². The summed E-state index contributed by atoms with van der Waals surface area (Å²) >= 11 is 3.13. The third-order valence-electron chi connectivity index (χ3n) is 1.27. The summed E-state index contributed by atoms with van der Waals surface area (Å²) in [6, 6.07) is 3.26. The van der Waals surface area contributed by atoms with Crippen LogP contribution in [0.3, 0.4) is 0 Å². The number of aromatic nitrogens is 2. The van der Waals surface area contributed by atoms with Crippen LogP contribution in [0.2, 0.25) is 0 Å². The monoisotopic (exact) mass is 241 g/mol. The van der Waals surface area contributed by atoms with Crippen molar-refractivity contribution in [3.05, 3.63) is 35.1 Å². The van der Waals surface area contributed by atoms with Gasteiger partial charge in [0, 0.05) is 6.54 Å². The standard InChI is InChI=1S/C8H8BrN3O/c1-2-5-10-8(13)6-3-4-7(9)12-11-6/h2-4H,1,5H2,(H,10,13). The smallest absolute Gasteiger partial charge is 0.272 e. The Labute approximate surface area is 84.2 Å². The van der Waals surface area contributed by atoms with Crippen molar-refractivity contribution in [3.8, 4) is 0 Å². The van der Waals surface area contributed by atoms with Crippen LogP contribution in [0.25, 0.3) is 0 Å². The summed E-state index contributed by atoms with van der Waals surface area (Å²) in [7, 11) is 0. The van der Waals surface area contributed by atoms with Gasteiger partial charge in [-0.05, 0) is 28.1 Å². The van der Waals surface area contributed by atoms with Crippen LogP contribution < -0.4 is 5.32 Å². The Morgan fingerprint density at radius 3 is 2.92 bits per heavy atom. The lowest BCUT2D eigenvalue weighted by Gasteiger charge is -1.99. The molecular weight excluding hydrogens is 234 g/mol. The van der Waals surface area contributed by atoms with Gasteiger partial charge in [0.05, 0.1) is 0 Å². The van der Waals surface area contributed by atoms with Crippen LogP contribution in [0.5, 0.6) is 0 Å². The van der Waals surface area contributed by atoms with E-state index in [4.69, 9.17) is 0 Å². The lowest BCUT2D eigenvalue weighted by Crippen LogP contribution is -2.24. The molecule has 1 rings (SSSR count). The van der Waals surface area contributed by atoms with Gasteiger partial charge >= 0.3 is 0 Å². The molecule has 0 spiro atoms. The zero-order chi connectivity index (χ0) is 9.68. The molecular formula is C8H8BrN3O. The lowest BCUT2D eigenvalue weighted by atomic mass is 10.3. The largest absolute Gasteiger partial charge is 0.347 e. The molecule has 0 saturated carbocycles. The zero-order valence-corrected chi connectivity index (χ0v) is 8.41. The van der Waals surface area contributed by atoms with Gasteiger partial charge in [0.25, 0.3) is 5.91 Å². The van der Waals surface area contributed by atoms with E-state index in [0.29, 0.717) is 16.8 Å². The molecule has 0 saturated heterocycles. The van der Waals surface area contributed by atoms with Crippen LogP contribution in [-0.4, -0.2) is 22.6 Å². The zero-order valence-electron chi connectivity index (χ0n) is 6.83. The van der Waals surface area contributed by atoms with E-state index in [1.165, 1.54) is 0 Å². The molecule has 5 heteroatoms. The minimum Gasteiger partial charge on any atom is -0.347 e. The first-order valence-corrected chi connectivity index (χ1v) is 4.41. The maximum atomic E-state index is 11.2. The van der Waals surface area contributed by atoms with E-state index in [1.54, 1.807) is 18.2 Å². The second kappa shape index (κ2) is 4.71. The number of halogens is 1. The molecule has 0 aliphatic rings. The molecule has 0 fully saturated rings. The fourth-order valence-corrected chi connectivity index (χ4v) is 0.904. The predicted molar refractivity (Wildman–Crippen MR) is 52.3 cm³/mol. The quantitative estimate of drug-likeness (QED) is 0.809. The minimum atomic E-state index is -0.250. The van der Waals surface area contributed by atoms with Crippen molar-refractivity contribution in [1.82, 2.24) is 15.5 Å². The average molecular weight is 242 g/mol. The normalized spacial score (nSPS) is 9.31. The second-order valence-corrected chi connectivity index (χ2v) is 3.05. The summed E-state index contributed by atoms with van der Waals surface area (Å²) < 4.78 is 0.604. The van der Waals surface area contributed by atoms with Crippen LogP contribution in [0.15, 0.2) is 29.4 Å². The summed E-state index contributed by atoms with van der Waals surface area (Å²) in [5, 5.41) is 9.97. The van der Waals surface area contributed by atoms with Crippen LogP contribution in [0.4, 0.5) is 0 Å². The first-order valence-electron chi connectivity index (χ1n) is 3.62.